The molecule has 1 aliphatic carbocycles. The van der Waals surface area contributed by atoms with Gasteiger partial charge in [0.1, 0.15) is 24.4 Å². The molecule has 3 heterocycles. The fourth-order valence-corrected chi connectivity index (χ4v) is 5.34. The molecular formula is C31H39N7O5. The lowest BCUT2D eigenvalue weighted by atomic mass is 9.99. The topological polar surface area (TPSA) is 160 Å². The summed E-state index contributed by atoms with van der Waals surface area (Å²) >= 11 is 0. The standard InChI is InChI=1S/C31H39N7O5/c1-20(2)25-28(41)34-23(16-21-8-4-3-5-9-21)29-35-24(17-43-29)26(39)33-13-7-6-10-22(27(40)37-25)36-30(42)31(11-12-31)18-38-15-14-32-19-38/h3-5,8-9,14-15,17,19-20,22-23,25H,6-7,10-13,16,18H2,1-2H3,(H,33,39)(H,34,41)(H,36,42)(H,37,40)/t22-,23+,25-/m0/s1. The van der Waals surface area contributed by atoms with E-state index in [1.165, 1.54) is 6.26 Å². The molecule has 3 aromatic rings. The molecule has 0 saturated heterocycles. The van der Waals surface area contributed by atoms with Crippen LogP contribution in [0.1, 0.15) is 73.9 Å². The van der Waals surface area contributed by atoms with Gasteiger partial charge in [0.15, 0.2) is 5.69 Å². The number of benzene rings is 1. The van der Waals surface area contributed by atoms with Crippen LogP contribution < -0.4 is 21.3 Å². The Hall–Kier alpha value is -4.48. The monoisotopic (exact) mass is 589 g/mol. The van der Waals surface area contributed by atoms with Crippen molar-refractivity contribution < 1.29 is 23.6 Å². The summed E-state index contributed by atoms with van der Waals surface area (Å²) in [5, 5.41) is 11.7. The smallest absolute Gasteiger partial charge is 0.273 e. The third-order valence-electron chi connectivity index (χ3n) is 8.11. The van der Waals surface area contributed by atoms with Crippen LogP contribution in [0, 0.1) is 11.3 Å². The van der Waals surface area contributed by atoms with E-state index in [0.717, 1.165) is 18.4 Å². The van der Waals surface area contributed by atoms with Gasteiger partial charge < -0.3 is 30.3 Å². The van der Waals surface area contributed by atoms with Crippen molar-refractivity contribution in [2.24, 2.45) is 11.3 Å². The Morgan fingerprint density at radius 3 is 2.60 bits per heavy atom. The summed E-state index contributed by atoms with van der Waals surface area (Å²) in [7, 11) is 0. The second kappa shape index (κ2) is 13.2. The fourth-order valence-electron chi connectivity index (χ4n) is 5.34. The number of imidazole rings is 1. The van der Waals surface area contributed by atoms with Gasteiger partial charge in [-0.2, -0.15) is 0 Å². The summed E-state index contributed by atoms with van der Waals surface area (Å²) in [6.07, 6.45) is 9.76. The average Bonchev–Trinajstić information content (AvgIpc) is 3.34. The molecule has 4 amide bonds. The number of carbonyl (C=O) groups excluding carboxylic acids is 4. The van der Waals surface area contributed by atoms with Crippen LogP contribution in [-0.4, -0.2) is 56.8 Å². The Bertz CT molecular complexity index is 1420. The molecular weight excluding hydrogens is 550 g/mol. The third-order valence-corrected chi connectivity index (χ3v) is 8.11. The first-order valence-corrected chi connectivity index (χ1v) is 14.9. The van der Waals surface area contributed by atoms with Gasteiger partial charge in [-0.05, 0) is 43.6 Å². The van der Waals surface area contributed by atoms with Crippen molar-refractivity contribution in [1.82, 2.24) is 35.8 Å². The number of hydrogen-bond donors (Lipinski definition) is 4. The van der Waals surface area contributed by atoms with Crippen molar-refractivity contribution in [2.75, 3.05) is 6.54 Å². The molecule has 4 N–H and O–H groups in total. The third kappa shape index (κ3) is 7.49. The molecule has 1 aliphatic heterocycles. The Morgan fingerprint density at radius 2 is 1.91 bits per heavy atom. The average molecular weight is 590 g/mol. The number of oxazole rings is 1. The quantitative estimate of drug-likeness (QED) is 0.329. The molecule has 12 nitrogen and oxygen atoms in total. The summed E-state index contributed by atoms with van der Waals surface area (Å²) in [5.74, 6) is -1.46. The van der Waals surface area contributed by atoms with Crippen molar-refractivity contribution in [3.63, 3.8) is 0 Å². The van der Waals surface area contributed by atoms with E-state index in [2.05, 4.69) is 31.2 Å². The number of aromatic nitrogens is 3. The Labute approximate surface area is 250 Å². The maximum absolute atomic E-state index is 13.7. The molecule has 2 bridgehead atoms. The van der Waals surface area contributed by atoms with Gasteiger partial charge in [-0.3, -0.25) is 19.2 Å². The van der Waals surface area contributed by atoms with E-state index in [4.69, 9.17) is 4.42 Å². The van der Waals surface area contributed by atoms with Gasteiger partial charge in [0, 0.05) is 31.9 Å². The summed E-state index contributed by atoms with van der Waals surface area (Å²) in [6, 6.07) is 7.15. The highest BCUT2D eigenvalue weighted by atomic mass is 16.3. The van der Waals surface area contributed by atoms with Crippen molar-refractivity contribution in [3.05, 3.63) is 72.5 Å². The van der Waals surface area contributed by atoms with E-state index in [0.29, 0.717) is 38.8 Å². The Balaban J connectivity index is 1.36. The fraction of sp³-hybridized carbons (Fsp3) is 0.484. The molecule has 1 saturated carbocycles. The zero-order valence-electron chi connectivity index (χ0n) is 24.5. The second-order valence-electron chi connectivity index (χ2n) is 11.8. The van der Waals surface area contributed by atoms with Gasteiger partial charge in [-0.25, -0.2) is 9.97 Å². The lowest BCUT2D eigenvalue weighted by molar-refractivity contribution is -0.134. The number of carbonyl (C=O) groups is 4. The zero-order chi connectivity index (χ0) is 30.4. The van der Waals surface area contributed by atoms with Crippen molar-refractivity contribution in [2.45, 2.75) is 77.0 Å². The van der Waals surface area contributed by atoms with Crippen molar-refractivity contribution in [1.29, 1.82) is 0 Å². The summed E-state index contributed by atoms with van der Waals surface area (Å²) in [6.45, 7) is 4.55. The van der Waals surface area contributed by atoms with Crippen LogP contribution >= 0.6 is 0 Å². The highest BCUT2D eigenvalue weighted by Gasteiger charge is 2.50. The molecule has 228 valence electrons. The molecule has 2 aromatic heterocycles. The highest BCUT2D eigenvalue weighted by Crippen LogP contribution is 2.47. The minimum atomic E-state index is -0.878. The van der Waals surface area contributed by atoms with Crippen LogP contribution in [-0.2, 0) is 27.3 Å². The summed E-state index contributed by atoms with van der Waals surface area (Å²) < 4.78 is 7.54. The largest absolute Gasteiger partial charge is 0.446 e. The maximum atomic E-state index is 13.7. The van der Waals surface area contributed by atoms with Crippen molar-refractivity contribution >= 4 is 23.6 Å². The van der Waals surface area contributed by atoms with Crippen LogP contribution in [0.15, 0.2) is 59.7 Å². The molecule has 2 aliphatic rings. The predicted molar refractivity (Wildman–Crippen MR) is 156 cm³/mol. The minimum Gasteiger partial charge on any atom is -0.446 e. The minimum absolute atomic E-state index is 0.126. The molecule has 0 unspecified atom stereocenters. The number of amides is 4. The van der Waals surface area contributed by atoms with Crippen LogP contribution in [0.3, 0.4) is 0 Å². The van der Waals surface area contributed by atoms with E-state index in [9.17, 15) is 19.2 Å². The Kier molecular flexibility index (Phi) is 9.22. The SMILES string of the molecule is CC(C)[C@@H]1NC(=O)[C@@H](NC(=O)C2(Cn3ccnc3)CC2)CCCCNC(=O)c2coc(n2)[C@@H](Cc2ccccc2)NC1=O. The number of rotatable bonds is 7. The number of fused-ring (bicyclic) bond motifs is 2. The van der Waals surface area contributed by atoms with Gasteiger partial charge in [0.05, 0.1) is 11.7 Å². The normalized spacial score (nSPS) is 22.8. The van der Waals surface area contributed by atoms with E-state index >= 15 is 0 Å². The van der Waals surface area contributed by atoms with Crippen LogP contribution in [0.2, 0.25) is 0 Å². The van der Waals surface area contributed by atoms with E-state index in [1.807, 2.05) is 54.9 Å². The van der Waals surface area contributed by atoms with Crippen LogP contribution in [0.4, 0.5) is 0 Å². The van der Waals surface area contributed by atoms with Crippen LogP contribution in [0.25, 0.3) is 0 Å². The molecule has 5 rings (SSSR count). The lowest BCUT2D eigenvalue weighted by Crippen LogP contribution is -2.56. The second-order valence-corrected chi connectivity index (χ2v) is 11.8. The maximum Gasteiger partial charge on any atom is 0.273 e. The first-order valence-electron chi connectivity index (χ1n) is 14.9. The van der Waals surface area contributed by atoms with Gasteiger partial charge in [0.2, 0.25) is 23.6 Å². The lowest BCUT2D eigenvalue weighted by Gasteiger charge is -2.28. The molecule has 12 heteroatoms. The molecule has 3 atom stereocenters. The number of nitrogens with zero attached hydrogens (tertiary/aromatic N) is 3. The predicted octanol–water partition coefficient (Wildman–Crippen LogP) is 2.29. The molecule has 43 heavy (non-hydrogen) atoms. The van der Waals surface area contributed by atoms with Crippen LogP contribution in [0.5, 0.6) is 0 Å². The first-order chi connectivity index (χ1) is 20.7. The zero-order valence-corrected chi connectivity index (χ0v) is 24.5. The number of hydrogen-bond acceptors (Lipinski definition) is 7. The van der Waals surface area contributed by atoms with E-state index < -0.39 is 35.4 Å². The molecule has 1 aromatic carbocycles. The summed E-state index contributed by atoms with van der Waals surface area (Å²) in [5.41, 5.74) is 0.474. The molecule has 0 radical (unpaired) electrons. The molecule has 1 fully saturated rings. The summed E-state index contributed by atoms with van der Waals surface area (Å²) in [4.78, 5) is 62.0. The first kappa shape index (κ1) is 30.0. The van der Waals surface area contributed by atoms with Gasteiger partial charge in [-0.1, -0.05) is 44.2 Å². The molecule has 0 spiro atoms. The number of nitrogens with one attached hydrogen (secondary N) is 4. The van der Waals surface area contributed by atoms with Crippen molar-refractivity contribution in [3.8, 4) is 0 Å². The highest BCUT2D eigenvalue weighted by molar-refractivity contribution is 5.94. The van der Waals surface area contributed by atoms with E-state index in [-0.39, 0.29) is 29.3 Å². The van der Waals surface area contributed by atoms with Gasteiger partial charge >= 0.3 is 0 Å². The Morgan fingerprint density at radius 1 is 1.12 bits per heavy atom. The van der Waals surface area contributed by atoms with Gasteiger partial charge in [0.25, 0.3) is 5.91 Å². The van der Waals surface area contributed by atoms with Gasteiger partial charge in [-0.15, -0.1) is 0 Å². The van der Waals surface area contributed by atoms with E-state index in [1.54, 1.807) is 12.5 Å².